The van der Waals surface area contributed by atoms with E-state index in [4.69, 9.17) is 14.2 Å². The molecule has 0 aromatic carbocycles. The molecule has 1 rings (SSSR count). The largest absolute Gasteiger partial charge is 0.382 e. The zero-order valence-corrected chi connectivity index (χ0v) is 11.2. The molecule has 0 bridgehead atoms. The van der Waals surface area contributed by atoms with Crippen LogP contribution >= 0.6 is 0 Å². The Balaban J connectivity index is 2.50. The summed E-state index contributed by atoms with van der Waals surface area (Å²) in [7, 11) is 5.13. The fourth-order valence-electron chi connectivity index (χ4n) is 1.42. The first kappa shape index (κ1) is 14.8. The van der Waals surface area contributed by atoms with Gasteiger partial charge in [0.2, 0.25) is 0 Å². The molecule has 102 valence electrons. The molecule has 0 amide bonds. The van der Waals surface area contributed by atoms with Gasteiger partial charge in [0.05, 0.1) is 32.1 Å². The van der Waals surface area contributed by atoms with Crippen LogP contribution in [0.25, 0.3) is 0 Å². The second kappa shape index (κ2) is 8.79. The number of hydrogen-bond donors (Lipinski definition) is 1. The normalized spacial score (nSPS) is 10.6. The summed E-state index contributed by atoms with van der Waals surface area (Å²) in [6, 6.07) is 1.87. The van der Waals surface area contributed by atoms with E-state index in [9.17, 15) is 0 Å². The molecule has 1 heterocycles. The lowest BCUT2D eigenvalue weighted by atomic mass is 10.3. The van der Waals surface area contributed by atoms with Crippen molar-refractivity contribution in [3.8, 4) is 0 Å². The lowest BCUT2D eigenvalue weighted by Crippen LogP contribution is -2.09. The van der Waals surface area contributed by atoms with Crippen LogP contribution in [0.2, 0.25) is 0 Å². The number of aromatic nitrogens is 2. The number of hydrogen-bond acceptors (Lipinski definition) is 6. The maximum atomic E-state index is 5.39. The summed E-state index contributed by atoms with van der Waals surface area (Å²) in [6.07, 6.45) is 0.677. The van der Waals surface area contributed by atoms with E-state index in [-0.39, 0.29) is 0 Å². The fraction of sp³-hybridized carbons (Fsp3) is 0.667. The molecule has 0 spiro atoms. The van der Waals surface area contributed by atoms with E-state index < -0.39 is 0 Å². The van der Waals surface area contributed by atoms with E-state index in [0.717, 1.165) is 17.3 Å². The van der Waals surface area contributed by atoms with Crippen LogP contribution in [0.4, 0.5) is 5.82 Å². The van der Waals surface area contributed by atoms with Crippen molar-refractivity contribution in [2.75, 3.05) is 46.4 Å². The topological polar surface area (TPSA) is 65.5 Å². The van der Waals surface area contributed by atoms with Crippen LogP contribution in [0.5, 0.6) is 0 Å². The lowest BCUT2D eigenvalue weighted by molar-refractivity contribution is 0.0716. The second-order valence-corrected chi connectivity index (χ2v) is 3.70. The lowest BCUT2D eigenvalue weighted by Gasteiger charge is -2.07. The van der Waals surface area contributed by atoms with Gasteiger partial charge in [-0.3, -0.25) is 0 Å². The van der Waals surface area contributed by atoms with Gasteiger partial charge in [-0.2, -0.15) is 0 Å². The zero-order chi connectivity index (χ0) is 13.2. The second-order valence-electron chi connectivity index (χ2n) is 3.70. The molecule has 0 aliphatic carbocycles. The summed E-state index contributed by atoms with van der Waals surface area (Å²) in [5.41, 5.74) is 0.865. The van der Waals surface area contributed by atoms with E-state index in [1.54, 1.807) is 14.2 Å². The van der Waals surface area contributed by atoms with Crippen molar-refractivity contribution in [2.45, 2.75) is 13.0 Å². The van der Waals surface area contributed by atoms with Gasteiger partial charge in [0, 0.05) is 33.8 Å². The number of methoxy groups -OCH3 is 2. The fourth-order valence-corrected chi connectivity index (χ4v) is 1.42. The third-order valence-electron chi connectivity index (χ3n) is 2.28. The van der Waals surface area contributed by atoms with Gasteiger partial charge in [-0.15, -0.1) is 0 Å². The Kier molecular flexibility index (Phi) is 7.24. The summed E-state index contributed by atoms with van der Waals surface area (Å²) >= 11 is 0. The molecule has 0 unspecified atom stereocenters. The number of nitrogens with one attached hydrogen (secondary N) is 1. The number of nitrogens with zero attached hydrogens (tertiary/aromatic N) is 2. The predicted molar refractivity (Wildman–Crippen MR) is 68.7 cm³/mol. The molecule has 6 nitrogen and oxygen atoms in total. The van der Waals surface area contributed by atoms with Crippen LogP contribution in [0.3, 0.4) is 0 Å². The minimum absolute atomic E-state index is 0.481. The van der Waals surface area contributed by atoms with Crippen molar-refractivity contribution in [2.24, 2.45) is 0 Å². The predicted octanol–water partition coefficient (Wildman–Crippen LogP) is 0.870. The van der Waals surface area contributed by atoms with E-state index in [2.05, 4.69) is 15.3 Å². The molecule has 0 radical (unpaired) electrons. The molecule has 0 saturated carbocycles. The number of rotatable bonds is 9. The van der Waals surface area contributed by atoms with Crippen LogP contribution in [0.1, 0.15) is 11.5 Å². The average Bonchev–Trinajstić information content (AvgIpc) is 2.38. The molecule has 1 N–H and O–H groups in total. The highest BCUT2D eigenvalue weighted by molar-refractivity contribution is 5.35. The monoisotopic (exact) mass is 255 g/mol. The van der Waals surface area contributed by atoms with Crippen molar-refractivity contribution < 1.29 is 14.2 Å². The molecule has 0 fully saturated rings. The Morgan fingerprint density at radius 1 is 1.11 bits per heavy atom. The molecule has 1 aromatic rings. The third-order valence-corrected chi connectivity index (χ3v) is 2.28. The minimum atomic E-state index is 0.481. The molecular weight excluding hydrogens is 234 g/mol. The van der Waals surface area contributed by atoms with Crippen LogP contribution in [-0.2, 0) is 27.2 Å². The van der Waals surface area contributed by atoms with Gasteiger partial charge >= 0.3 is 0 Å². The maximum absolute atomic E-state index is 5.39. The van der Waals surface area contributed by atoms with Crippen LogP contribution in [0, 0.1) is 0 Å². The summed E-state index contributed by atoms with van der Waals surface area (Å²) in [5, 5.41) is 3.01. The van der Waals surface area contributed by atoms with Gasteiger partial charge in [-0.25, -0.2) is 9.97 Å². The number of ether oxygens (including phenoxy) is 3. The van der Waals surface area contributed by atoms with E-state index in [1.807, 2.05) is 13.1 Å². The average molecular weight is 255 g/mol. The van der Waals surface area contributed by atoms with Gasteiger partial charge in [0.15, 0.2) is 0 Å². The maximum Gasteiger partial charge on any atom is 0.133 e. The smallest absolute Gasteiger partial charge is 0.133 e. The quantitative estimate of drug-likeness (QED) is 0.661. The van der Waals surface area contributed by atoms with Gasteiger partial charge in [-0.1, -0.05) is 0 Å². The molecule has 0 aliphatic rings. The Hall–Kier alpha value is -1.24. The Labute approximate surface area is 108 Å². The van der Waals surface area contributed by atoms with E-state index in [1.165, 1.54) is 0 Å². The van der Waals surface area contributed by atoms with Crippen LogP contribution in [-0.4, -0.2) is 51.1 Å². The molecule has 0 saturated heterocycles. The standard InChI is InChI=1S/C12H21N3O3/c1-13-12-8-10(9-17-3)14-11(15-12)4-5-18-7-6-16-2/h8H,4-7,9H2,1-3H3,(H,13,14,15). The summed E-state index contributed by atoms with van der Waals surface area (Å²) in [4.78, 5) is 8.76. The highest BCUT2D eigenvalue weighted by Crippen LogP contribution is 2.07. The highest BCUT2D eigenvalue weighted by atomic mass is 16.5. The first-order valence-electron chi connectivity index (χ1n) is 5.90. The zero-order valence-electron chi connectivity index (χ0n) is 11.2. The Morgan fingerprint density at radius 2 is 1.94 bits per heavy atom. The van der Waals surface area contributed by atoms with Gasteiger partial charge in [0.1, 0.15) is 11.6 Å². The first-order valence-corrected chi connectivity index (χ1v) is 5.90. The Bertz CT molecular complexity index is 347. The van der Waals surface area contributed by atoms with Crippen molar-refractivity contribution in [3.05, 3.63) is 17.6 Å². The molecule has 0 aliphatic heterocycles. The van der Waals surface area contributed by atoms with Gasteiger partial charge in [-0.05, 0) is 0 Å². The van der Waals surface area contributed by atoms with Gasteiger partial charge < -0.3 is 19.5 Å². The minimum Gasteiger partial charge on any atom is -0.382 e. The van der Waals surface area contributed by atoms with Crippen molar-refractivity contribution in [1.29, 1.82) is 0 Å². The van der Waals surface area contributed by atoms with Crippen molar-refractivity contribution >= 4 is 5.82 Å². The summed E-state index contributed by atoms with van der Waals surface area (Å²) in [5.74, 6) is 1.55. The summed E-state index contributed by atoms with van der Waals surface area (Å²) in [6.45, 7) is 2.26. The van der Waals surface area contributed by atoms with E-state index in [0.29, 0.717) is 32.8 Å². The molecular formula is C12H21N3O3. The third kappa shape index (κ3) is 5.39. The van der Waals surface area contributed by atoms with Crippen LogP contribution in [0.15, 0.2) is 6.07 Å². The summed E-state index contributed by atoms with van der Waals surface area (Å²) < 4.78 is 15.4. The molecule has 6 heteroatoms. The molecule has 1 aromatic heterocycles. The van der Waals surface area contributed by atoms with Crippen LogP contribution < -0.4 is 5.32 Å². The highest BCUT2D eigenvalue weighted by Gasteiger charge is 2.04. The first-order chi connectivity index (χ1) is 8.80. The van der Waals surface area contributed by atoms with Crippen molar-refractivity contribution in [3.63, 3.8) is 0 Å². The van der Waals surface area contributed by atoms with Crippen molar-refractivity contribution in [1.82, 2.24) is 9.97 Å². The molecule has 18 heavy (non-hydrogen) atoms. The van der Waals surface area contributed by atoms with E-state index >= 15 is 0 Å². The number of anilines is 1. The van der Waals surface area contributed by atoms with Gasteiger partial charge in [0.25, 0.3) is 0 Å². The SMILES string of the molecule is CNc1cc(COC)nc(CCOCCOC)n1. The molecule has 0 atom stereocenters. The Morgan fingerprint density at radius 3 is 2.61 bits per heavy atom.